The molecular weight excluding hydrogens is 194 g/mol. The zero-order valence-electron chi connectivity index (χ0n) is 9.67. The number of hydrogen-bond donors (Lipinski definition) is 0. The molecule has 3 nitrogen and oxygen atoms in total. The lowest BCUT2D eigenvalue weighted by atomic mass is 10.3. The van der Waals surface area contributed by atoms with Gasteiger partial charge in [-0.2, -0.15) is 0 Å². The zero-order valence-corrected chi connectivity index (χ0v) is 10.8. The second-order valence-corrected chi connectivity index (χ2v) is 8.41. The van der Waals surface area contributed by atoms with Crippen molar-refractivity contribution in [1.29, 1.82) is 0 Å². The molecule has 0 spiro atoms. The van der Waals surface area contributed by atoms with Crippen LogP contribution in [0, 0.1) is 0 Å². The van der Waals surface area contributed by atoms with Gasteiger partial charge in [-0.15, -0.1) is 0 Å². The van der Waals surface area contributed by atoms with Crippen molar-refractivity contribution in [3.05, 3.63) is 0 Å². The van der Waals surface area contributed by atoms with Gasteiger partial charge in [-0.25, -0.2) is 0 Å². The molecular formula is C10H21NO2Si. The van der Waals surface area contributed by atoms with Crippen LogP contribution in [-0.2, 0) is 9.22 Å². The lowest BCUT2D eigenvalue weighted by Gasteiger charge is -2.27. The van der Waals surface area contributed by atoms with Gasteiger partial charge in [0, 0.05) is 13.0 Å². The van der Waals surface area contributed by atoms with Crippen LogP contribution in [0.25, 0.3) is 0 Å². The van der Waals surface area contributed by atoms with Gasteiger partial charge in [0.15, 0.2) is 9.04 Å². The summed E-state index contributed by atoms with van der Waals surface area (Å²) in [7, 11) is -1.17. The van der Waals surface area contributed by atoms with E-state index in [1.165, 1.54) is 0 Å². The highest BCUT2D eigenvalue weighted by Crippen LogP contribution is 2.27. The maximum absolute atomic E-state index is 11.3. The largest absolute Gasteiger partial charge is 0.402 e. The number of likely N-dealkylation sites (tertiary alicyclic amines) is 1. The summed E-state index contributed by atoms with van der Waals surface area (Å²) < 4.78 is 5.80. The van der Waals surface area contributed by atoms with Crippen LogP contribution in [0.15, 0.2) is 0 Å². The van der Waals surface area contributed by atoms with Crippen molar-refractivity contribution < 1.29 is 9.22 Å². The van der Waals surface area contributed by atoms with Crippen molar-refractivity contribution >= 4 is 14.9 Å². The van der Waals surface area contributed by atoms with Crippen LogP contribution in [0.2, 0.25) is 11.6 Å². The number of amides is 1. The lowest BCUT2D eigenvalue weighted by Crippen LogP contribution is -2.34. The smallest absolute Gasteiger partial charge is 0.224 e. The molecule has 4 heteroatoms. The van der Waals surface area contributed by atoms with Gasteiger partial charge >= 0.3 is 0 Å². The number of carbonyl (C=O) groups is 1. The van der Waals surface area contributed by atoms with Crippen LogP contribution in [0.4, 0.5) is 0 Å². The molecule has 0 aromatic carbocycles. The quantitative estimate of drug-likeness (QED) is 0.671. The Balaban J connectivity index is 2.30. The van der Waals surface area contributed by atoms with Gasteiger partial charge in [0.05, 0.1) is 0 Å². The molecule has 0 radical (unpaired) electrons. The fourth-order valence-corrected chi connectivity index (χ4v) is 2.20. The molecule has 1 aliphatic heterocycles. The first-order valence-electron chi connectivity index (χ1n) is 5.30. The Morgan fingerprint density at radius 3 is 2.57 bits per heavy atom. The number of hydrogen-bond acceptors (Lipinski definition) is 2. The third-order valence-corrected chi connectivity index (χ3v) is 5.96. The summed E-state index contributed by atoms with van der Waals surface area (Å²) in [5.74, 6) is 0.250. The highest BCUT2D eigenvalue weighted by Gasteiger charge is 2.26. The predicted molar refractivity (Wildman–Crippen MR) is 59.6 cm³/mol. The van der Waals surface area contributed by atoms with Crippen LogP contribution >= 0.6 is 0 Å². The molecule has 0 aromatic heterocycles. The maximum atomic E-state index is 11.3. The van der Waals surface area contributed by atoms with Crippen molar-refractivity contribution in [2.24, 2.45) is 0 Å². The number of nitrogens with zero attached hydrogens (tertiary/aromatic N) is 1. The Morgan fingerprint density at radius 1 is 1.50 bits per heavy atom. The van der Waals surface area contributed by atoms with E-state index in [9.17, 15) is 4.79 Å². The highest BCUT2D eigenvalue weighted by molar-refractivity contribution is 6.53. The Morgan fingerprint density at radius 2 is 2.14 bits per heavy atom. The molecule has 1 rings (SSSR count). The monoisotopic (exact) mass is 215 g/mol. The van der Waals surface area contributed by atoms with Gasteiger partial charge in [0.25, 0.3) is 0 Å². The topological polar surface area (TPSA) is 29.5 Å². The summed E-state index contributed by atoms with van der Waals surface area (Å²) in [6.07, 6.45) is 1.70. The fraction of sp³-hybridized carbons (Fsp3) is 0.900. The molecule has 1 unspecified atom stereocenters. The molecule has 0 aromatic rings. The second-order valence-electron chi connectivity index (χ2n) is 5.06. The van der Waals surface area contributed by atoms with E-state index in [1.807, 2.05) is 4.90 Å². The number of rotatable bonds is 3. The second kappa shape index (κ2) is 4.44. The van der Waals surface area contributed by atoms with E-state index in [1.54, 1.807) is 0 Å². The van der Waals surface area contributed by atoms with Gasteiger partial charge in [-0.1, -0.05) is 20.8 Å². The first-order valence-corrected chi connectivity index (χ1v) is 7.51. The van der Waals surface area contributed by atoms with Gasteiger partial charge in [-0.05, 0) is 18.0 Å². The van der Waals surface area contributed by atoms with E-state index in [4.69, 9.17) is 4.43 Å². The Kier molecular flexibility index (Phi) is 3.72. The third-order valence-electron chi connectivity index (χ3n) is 2.87. The predicted octanol–water partition coefficient (Wildman–Crippen LogP) is 1.74. The van der Waals surface area contributed by atoms with E-state index in [0.29, 0.717) is 13.2 Å². The molecule has 0 bridgehead atoms. The average Bonchev–Trinajstić information content (AvgIpc) is 2.45. The fourth-order valence-electron chi connectivity index (χ4n) is 1.29. The molecule has 1 heterocycles. The first-order chi connectivity index (χ1) is 6.41. The molecule has 1 amide bonds. The van der Waals surface area contributed by atoms with Crippen LogP contribution in [0.3, 0.4) is 0 Å². The molecule has 0 saturated carbocycles. The summed E-state index contributed by atoms with van der Waals surface area (Å²) in [6.45, 7) is 10.2. The van der Waals surface area contributed by atoms with E-state index < -0.39 is 9.04 Å². The van der Waals surface area contributed by atoms with E-state index in [2.05, 4.69) is 27.3 Å². The molecule has 82 valence electrons. The van der Waals surface area contributed by atoms with Crippen molar-refractivity contribution in [3.8, 4) is 0 Å². The molecule has 1 fully saturated rings. The van der Waals surface area contributed by atoms with Gasteiger partial charge < -0.3 is 9.33 Å². The van der Waals surface area contributed by atoms with E-state index in [0.717, 1.165) is 13.0 Å². The lowest BCUT2D eigenvalue weighted by molar-refractivity contribution is -0.130. The molecule has 0 N–H and O–H groups in total. The molecule has 0 aliphatic carbocycles. The normalized spacial score (nSPS) is 20.3. The minimum atomic E-state index is -1.17. The minimum Gasteiger partial charge on any atom is -0.402 e. The van der Waals surface area contributed by atoms with Gasteiger partial charge in [-0.3, -0.25) is 4.79 Å². The molecule has 1 aliphatic rings. The maximum Gasteiger partial charge on any atom is 0.224 e. The van der Waals surface area contributed by atoms with Crippen molar-refractivity contribution in [3.63, 3.8) is 0 Å². The van der Waals surface area contributed by atoms with E-state index >= 15 is 0 Å². The van der Waals surface area contributed by atoms with Crippen molar-refractivity contribution in [1.82, 2.24) is 4.90 Å². The minimum absolute atomic E-state index is 0.250. The average molecular weight is 215 g/mol. The van der Waals surface area contributed by atoms with Crippen LogP contribution in [-0.4, -0.2) is 33.1 Å². The number of carbonyl (C=O) groups excluding carboxylic acids is 1. The standard InChI is InChI=1S/C10H21NO2Si/c1-10(2,3)14(4)13-8-11-7-5-6-9(11)12/h14H,5-8H2,1-4H3. The molecule has 1 atom stereocenters. The summed E-state index contributed by atoms with van der Waals surface area (Å²) in [5, 5.41) is 0.281. The SMILES string of the molecule is C[SiH](OCN1CCCC1=O)C(C)(C)C. The molecule has 14 heavy (non-hydrogen) atoms. The highest BCUT2D eigenvalue weighted by atomic mass is 28.3. The van der Waals surface area contributed by atoms with Crippen molar-refractivity contribution in [2.45, 2.75) is 45.2 Å². The Hall–Kier alpha value is -0.353. The summed E-state index contributed by atoms with van der Waals surface area (Å²) >= 11 is 0. The van der Waals surface area contributed by atoms with Crippen molar-refractivity contribution in [2.75, 3.05) is 13.3 Å². The summed E-state index contributed by atoms with van der Waals surface area (Å²) in [6, 6.07) is 0. The third kappa shape index (κ3) is 3.10. The molecule has 1 saturated heterocycles. The summed E-state index contributed by atoms with van der Waals surface area (Å²) in [5.41, 5.74) is 0. The van der Waals surface area contributed by atoms with Crippen LogP contribution in [0.1, 0.15) is 33.6 Å². The first kappa shape index (κ1) is 11.7. The van der Waals surface area contributed by atoms with Gasteiger partial charge in [0.2, 0.25) is 5.91 Å². The zero-order chi connectivity index (χ0) is 10.8. The Bertz CT molecular complexity index is 213. The van der Waals surface area contributed by atoms with Gasteiger partial charge in [0.1, 0.15) is 6.73 Å². The Labute approximate surface area is 88.2 Å². The van der Waals surface area contributed by atoms with Crippen LogP contribution in [0.5, 0.6) is 0 Å². The summed E-state index contributed by atoms with van der Waals surface area (Å²) in [4.78, 5) is 13.1. The van der Waals surface area contributed by atoms with E-state index in [-0.39, 0.29) is 10.9 Å². The van der Waals surface area contributed by atoms with Crippen LogP contribution < -0.4 is 0 Å².